The summed E-state index contributed by atoms with van der Waals surface area (Å²) in [7, 11) is 1.71. The van der Waals surface area contributed by atoms with Crippen molar-refractivity contribution in [3.05, 3.63) is 75.4 Å². The first-order valence-electron chi connectivity index (χ1n) is 13.9. The van der Waals surface area contributed by atoms with Crippen molar-refractivity contribution in [2.45, 2.75) is 71.4 Å². The van der Waals surface area contributed by atoms with Gasteiger partial charge in [0.2, 0.25) is 5.95 Å². The Morgan fingerprint density at radius 2 is 1.47 bits per heavy atom. The van der Waals surface area contributed by atoms with Gasteiger partial charge in [0.1, 0.15) is 11.5 Å². The summed E-state index contributed by atoms with van der Waals surface area (Å²) in [6.07, 6.45) is 9.34. The van der Waals surface area contributed by atoms with Crippen LogP contribution in [0.4, 0.5) is 11.6 Å². The van der Waals surface area contributed by atoms with Crippen LogP contribution in [0.1, 0.15) is 58.3 Å². The summed E-state index contributed by atoms with van der Waals surface area (Å²) >= 11 is 0. The number of para-hydroxylation sites is 1. The number of hydrogen-bond donors (Lipinski definition) is 0. The molecule has 2 aromatic carbocycles. The number of nitrogens with zero attached hydrogens (tertiary/aromatic N) is 5. The van der Waals surface area contributed by atoms with E-state index in [0.29, 0.717) is 36.7 Å². The Balaban J connectivity index is 1.32. The Kier molecular flexibility index (Phi) is 7.96. The minimum atomic E-state index is -0.295. The molecule has 0 atom stereocenters. The van der Waals surface area contributed by atoms with Crippen molar-refractivity contribution in [3.8, 4) is 11.5 Å². The molecule has 0 fully saturated rings. The second-order valence-electron chi connectivity index (χ2n) is 10.1. The summed E-state index contributed by atoms with van der Waals surface area (Å²) in [6, 6.07) is 17.5. The van der Waals surface area contributed by atoms with E-state index in [-0.39, 0.29) is 11.2 Å². The van der Waals surface area contributed by atoms with Gasteiger partial charge in [0.15, 0.2) is 11.2 Å². The highest BCUT2D eigenvalue weighted by Crippen LogP contribution is 2.33. The SMILES string of the molecule is CCCCCCCCCCn1c(=O)c2c(nc3n2CCN3c2ccc(Oc3ccccc3)cc2)n(C)c1=O. The van der Waals surface area contributed by atoms with Gasteiger partial charge in [-0.25, -0.2) is 4.79 Å². The number of fused-ring (bicyclic) bond motifs is 3. The maximum Gasteiger partial charge on any atom is 0.332 e. The average Bonchev–Trinajstić information content (AvgIpc) is 3.51. The fourth-order valence-electron chi connectivity index (χ4n) is 5.24. The molecule has 0 bridgehead atoms. The van der Waals surface area contributed by atoms with Gasteiger partial charge in [0, 0.05) is 32.4 Å². The highest BCUT2D eigenvalue weighted by molar-refractivity contribution is 5.77. The van der Waals surface area contributed by atoms with E-state index < -0.39 is 0 Å². The minimum Gasteiger partial charge on any atom is -0.457 e. The fraction of sp³-hybridized carbons (Fsp3) is 0.433. The highest BCUT2D eigenvalue weighted by atomic mass is 16.5. The zero-order valence-electron chi connectivity index (χ0n) is 22.4. The molecule has 0 saturated carbocycles. The lowest BCUT2D eigenvalue weighted by Gasteiger charge is -2.16. The molecule has 5 rings (SSSR count). The summed E-state index contributed by atoms with van der Waals surface area (Å²) in [5, 5.41) is 0. The van der Waals surface area contributed by atoms with Gasteiger partial charge in [-0.1, -0.05) is 70.1 Å². The van der Waals surface area contributed by atoms with Crippen LogP contribution < -0.4 is 20.9 Å². The minimum absolute atomic E-state index is 0.238. The van der Waals surface area contributed by atoms with E-state index in [1.54, 1.807) is 7.05 Å². The number of aryl methyl sites for hydroxylation is 1. The quantitative estimate of drug-likeness (QED) is 0.217. The van der Waals surface area contributed by atoms with Crippen molar-refractivity contribution >= 4 is 22.8 Å². The van der Waals surface area contributed by atoms with Crippen LogP contribution in [0.5, 0.6) is 11.5 Å². The van der Waals surface area contributed by atoms with E-state index in [9.17, 15) is 9.59 Å². The topological polar surface area (TPSA) is 74.3 Å². The van der Waals surface area contributed by atoms with Gasteiger partial charge < -0.3 is 14.2 Å². The number of unbranched alkanes of at least 4 members (excludes halogenated alkanes) is 7. The number of rotatable bonds is 12. The van der Waals surface area contributed by atoms with Crippen LogP contribution in [0.3, 0.4) is 0 Å². The summed E-state index contributed by atoms with van der Waals surface area (Å²) in [4.78, 5) is 33.4. The Bertz CT molecular complexity index is 1490. The molecule has 0 saturated heterocycles. The van der Waals surface area contributed by atoms with Crippen molar-refractivity contribution in [1.82, 2.24) is 18.7 Å². The molecule has 8 nitrogen and oxygen atoms in total. The fourth-order valence-corrected chi connectivity index (χ4v) is 5.24. The number of aromatic nitrogens is 4. The normalized spacial score (nSPS) is 12.8. The molecule has 38 heavy (non-hydrogen) atoms. The van der Waals surface area contributed by atoms with Gasteiger partial charge in [-0.05, 0) is 42.8 Å². The van der Waals surface area contributed by atoms with Gasteiger partial charge >= 0.3 is 5.69 Å². The molecule has 1 aliphatic rings. The van der Waals surface area contributed by atoms with Crippen LogP contribution in [0.25, 0.3) is 11.2 Å². The third-order valence-corrected chi connectivity index (χ3v) is 7.36. The molecule has 4 aromatic rings. The monoisotopic (exact) mass is 515 g/mol. The Hall–Kier alpha value is -3.81. The van der Waals surface area contributed by atoms with Crippen LogP contribution in [-0.4, -0.2) is 25.2 Å². The van der Waals surface area contributed by atoms with E-state index >= 15 is 0 Å². The van der Waals surface area contributed by atoms with Gasteiger partial charge in [-0.2, -0.15) is 4.98 Å². The molecule has 0 N–H and O–H groups in total. The summed E-state index contributed by atoms with van der Waals surface area (Å²) in [6.45, 7) is 4.02. The Morgan fingerprint density at radius 1 is 0.816 bits per heavy atom. The highest BCUT2D eigenvalue weighted by Gasteiger charge is 2.28. The second-order valence-corrected chi connectivity index (χ2v) is 10.1. The predicted molar refractivity (Wildman–Crippen MR) is 152 cm³/mol. The van der Waals surface area contributed by atoms with Crippen LogP contribution >= 0.6 is 0 Å². The third-order valence-electron chi connectivity index (χ3n) is 7.36. The first-order valence-corrected chi connectivity index (χ1v) is 13.9. The zero-order chi connectivity index (χ0) is 26.5. The van der Waals surface area contributed by atoms with E-state index in [2.05, 4.69) is 11.8 Å². The Morgan fingerprint density at radius 3 is 2.18 bits per heavy atom. The predicted octanol–water partition coefficient (Wildman–Crippen LogP) is 5.98. The lowest BCUT2D eigenvalue weighted by Crippen LogP contribution is -2.39. The lowest BCUT2D eigenvalue weighted by atomic mass is 10.1. The number of benzene rings is 2. The number of ether oxygens (including phenoxy) is 1. The number of imidazole rings is 1. The van der Waals surface area contributed by atoms with Crippen LogP contribution in [-0.2, 0) is 20.1 Å². The Labute approximate surface area is 223 Å². The zero-order valence-corrected chi connectivity index (χ0v) is 22.4. The molecule has 2 aromatic heterocycles. The van der Waals surface area contributed by atoms with Crippen molar-refractivity contribution in [2.24, 2.45) is 7.05 Å². The van der Waals surface area contributed by atoms with Crippen LogP contribution in [0.2, 0.25) is 0 Å². The molecular formula is C30H37N5O3. The summed E-state index contributed by atoms with van der Waals surface area (Å²) in [5.74, 6) is 2.22. The molecule has 3 heterocycles. The maximum absolute atomic E-state index is 13.5. The first-order chi connectivity index (χ1) is 18.6. The molecule has 0 amide bonds. The molecule has 0 radical (unpaired) electrons. The van der Waals surface area contributed by atoms with E-state index in [1.807, 2.05) is 59.2 Å². The smallest absolute Gasteiger partial charge is 0.332 e. The van der Waals surface area contributed by atoms with Crippen molar-refractivity contribution in [2.75, 3.05) is 11.4 Å². The van der Waals surface area contributed by atoms with E-state index in [0.717, 1.165) is 36.4 Å². The van der Waals surface area contributed by atoms with Crippen LogP contribution in [0, 0.1) is 0 Å². The van der Waals surface area contributed by atoms with Crippen molar-refractivity contribution in [1.29, 1.82) is 0 Å². The summed E-state index contributed by atoms with van der Waals surface area (Å²) < 4.78 is 10.8. The van der Waals surface area contributed by atoms with E-state index in [1.165, 1.54) is 41.2 Å². The third kappa shape index (κ3) is 5.26. The average molecular weight is 516 g/mol. The largest absolute Gasteiger partial charge is 0.457 e. The lowest BCUT2D eigenvalue weighted by molar-refractivity contribution is 0.482. The molecule has 0 unspecified atom stereocenters. The summed E-state index contributed by atoms with van der Waals surface area (Å²) in [5.41, 5.74) is 1.38. The van der Waals surface area contributed by atoms with Crippen LogP contribution in [0.15, 0.2) is 64.2 Å². The van der Waals surface area contributed by atoms with E-state index in [4.69, 9.17) is 9.72 Å². The molecular weight excluding hydrogens is 478 g/mol. The first kappa shape index (κ1) is 25.8. The van der Waals surface area contributed by atoms with Gasteiger partial charge in [0.05, 0.1) is 0 Å². The second kappa shape index (κ2) is 11.7. The van der Waals surface area contributed by atoms with Gasteiger partial charge in [-0.3, -0.25) is 13.9 Å². The molecule has 0 spiro atoms. The molecule has 200 valence electrons. The molecule has 0 aliphatic carbocycles. The van der Waals surface area contributed by atoms with Crippen molar-refractivity contribution in [3.63, 3.8) is 0 Å². The number of hydrogen-bond acceptors (Lipinski definition) is 5. The van der Waals surface area contributed by atoms with Gasteiger partial charge in [0.25, 0.3) is 5.56 Å². The molecule has 8 heteroatoms. The van der Waals surface area contributed by atoms with Gasteiger partial charge in [-0.15, -0.1) is 0 Å². The maximum atomic E-state index is 13.5. The standard InChI is InChI=1S/C30H37N5O3/c1-3-4-5-6-7-8-9-13-20-35-28(36)26-27(32(2)30(35)37)31-29-33(21-22-34(26)29)23-16-18-25(19-17-23)38-24-14-11-10-12-15-24/h10-12,14-19H,3-9,13,20-22H2,1-2H3. The van der Waals surface area contributed by atoms with Crippen molar-refractivity contribution < 1.29 is 4.74 Å². The molecule has 1 aliphatic heterocycles. The number of anilines is 2.